The van der Waals surface area contributed by atoms with Crippen molar-refractivity contribution in [3.05, 3.63) is 58.4 Å². The summed E-state index contributed by atoms with van der Waals surface area (Å²) in [4.78, 5) is 36.8. The van der Waals surface area contributed by atoms with Crippen molar-refractivity contribution in [2.45, 2.75) is 83.7 Å². The number of hydrogen-bond acceptors (Lipinski definition) is 10. The van der Waals surface area contributed by atoms with E-state index in [1.165, 1.54) is 12.1 Å². The number of hydrogen-bond donors (Lipinski definition) is 5. The molecule has 1 amide bonds. The summed E-state index contributed by atoms with van der Waals surface area (Å²) < 4.78 is 30.4. The minimum Gasteiger partial charge on any atom is -0.494 e. The standard InChI is InChI=1S/C32H44ClFN2O9S/c1-6-43-27-11-10-21(44-15-30(41)45-19(4)5)12-20(27)13-28(38)36-31(18(2)3)32(42)35-25(14-29(39)40)26(37)17-46-16-22-23(33)8-7-9-24(22)34/h7-12,18-19,25-26,28,31,36-38H,6,13-17H2,1-5H3,(H,35,42)(H,39,40). The maximum Gasteiger partial charge on any atom is 0.344 e. The van der Waals surface area contributed by atoms with E-state index >= 15 is 0 Å². The van der Waals surface area contributed by atoms with Gasteiger partial charge in [-0.2, -0.15) is 11.8 Å². The van der Waals surface area contributed by atoms with Crippen LogP contribution in [0.25, 0.3) is 0 Å². The van der Waals surface area contributed by atoms with E-state index in [0.29, 0.717) is 23.7 Å². The first-order valence-electron chi connectivity index (χ1n) is 14.9. The van der Waals surface area contributed by atoms with Crippen molar-refractivity contribution in [2.75, 3.05) is 19.0 Å². The normalized spacial score (nSPS) is 14.0. The Hall–Kier alpha value is -3.10. The lowest BCUT2D eigenvalue weighted by Crippen LogP contribution is -2.56. The zero-order chi connectivity index (χ0) is 34.4. The second-order valence-corrected chi connectivity index (χ2v) is 12.6. The third kappa shape index (κ3) is 13.3. The van der Waals surface area contributed by atoms with E-state index in [2.05, 4.69) is 10.6 Å². The predicted molar refractivity (Wildman–Crippen MR) is 174 cm³/mol. The molecule has 0 saturated heterocycles. The lowest BCUT2D eigenvalue weighted by Gasteiger charge is -2.29. The smallest absolute Gasteiger partial charge is 0.344 e. The maximum absolute atomic E-state index is 14.1. The number of esters is 1. The third-order valence-electron chi connectivity index (χ3n) is 6.57. The van der Waals surface area contributed by atoms with Gasteiger partial charge in [-0.05, 0) is 57.0 Å². The molecule has 46 heavy (non-hydrogen) atoms. The Balaban J connectivity index is 2.09. The first-order chi connectivity index (χ1) is 21.7. The first kappa shape index (κ1) is 39.1. The van der Waals surface area contributed by atoms with Gasteiger partial charge in [0, 0.05) is 34.1 Å². The van der Waals surface area contributed by atoms with E-state index in [1.807, 2.05) is 0 Å². The molecule has 0 aliphatic heterocycles. The van der Waals surface area contributed by atoms with E-state index in [-0.39, 0.29) is 47.1 Å². The number of carbonyl (C=O) groups is 3. The molecule has 2 rings (SSSR count). The van der Waals surface area contributed by atoms with Crippen molar-refractivity contribution in [1.82, 2.24) is 10.6 Å². The number of rotatable bonds is 20. The number of nitrogens with one attached hydrogen (secondary N) is 2. The fourth-order valence-corrected chi connectivity index (χ4v) is 5.80. The summed E-state index contributed by atoms with van der Waals surface area (Å²) >= 11 is 7.21. The molecule has 2 aromatic carbocycles. The number of carboxylic acid groups (broad SMARTS) is 1. The average Bonchev–Trinajstić information content (AvgIpc) is 2.96. The highest BCUT2D eigenvalue weighted by Gasteiger charge is 2.30. The molecule has 5 N–H and O–H groups in total. The topological polar surface area (TPSA) is 164 Å². The molecule has 0 heterocycles. The number of halogens is 2. The molecule has 0 spiro atoms. The monoisotopic (exact) mass is 686 g/mol. The van der Waals surface area contributed by atoms with Gasteiger partial charge in [-0.3, -0.25) is 14.9 Å². The molecule has 0 aromatic heterocycles. The van der Waals surface area contributed by atoms with Crippen LogP contribution in [-0.2, 0) is 31.3 Å². The number of aliphatic hydroxyl groups is 2. The van der Waals surface area contributed by atoms with E-state index in [4.69, 9.17) is 25.8 Å². The number of benzene rings is 2. The highest BCUT2D eigenvalue weighted by Crippen LogP contribution is 2.27. The largest absolute Gasteiger partial charge is 0.494 e. The first-order valence-corrected chi connectivity index (χ1v) is 16.5. The van der Waals surface area contributed by atoms with Gasteiger partial charge in [0.05, 0.1) is 37.3 Å². The molecular weight excluding hydrogens is 643 g/mol. The van der Waals surface area contributed by atoms with Crippen LogP contribution >= 0.6 is 23.4 Å². The Morgan fingerprint density at radius 2 is 1.78 bits per heavy atom. The number of ether oxygens (including phenoxy) is 3. The fraction of sp³-hybridized carbons (Fsp3) is 0.531. The molecular formula is C32H44ClFN2O9S. The molecule has 14 heteroatoms. The van der Waals surface area contributed by atoms with Gasteiger partial charge in [0.1, 0.15) is 23.5 Å². The number of aliphatic carboxylic acids is 1. The summed E-state index contributed by atoms with van der Waals surface area (Å²) in [5.74, 6) is -2.25. The van der Waals surface area contributed by atoms with Gasteiger partial charge in [0.25, 0.3) is 0 Å². The Morgan fingerprint density at radius 1 is 1.07 bits per heavy atom. The van der Waals surface area contributed by atoms with Crippen molar-refractivity contribution in [3.8, 4) is 11.5 Å². The van der Waals surface area contributed by atoms with Crippen LogP contribution in [-0.4, -0.2) is 82.7 Å². The van der Waals surface area contributed by atoms with Crippen LogP contribution in [0.15, 0.2) is 36.4 Å². The molecule has 4 atom stereocenters. The Kier molecular flexibility index (Phi) is 16.6. The van der Waals surface area contributed by atoms with Crippen LogP contribution in [0.2, 0.25) is 5.02 Å². The highest BCUT2D eigenvalue weighted by atomic mass is 35.5. The molecule has 256 valence electrons. The summed E-state index contributed by atoms with van der Waals surface area (Å²) in [5, 5.41) is 36.9. The van der Waals surface area contributed by atoms with Crippen molar-refractivity contribution in [3.63, 3.8) is 0 Å². The van der Waals surface area contributed by atoms with Crippen LogP contribution < -0.4 is 20.1 Å². The lowest BCUT2D eigenvalue weighted by atomic mass is 10.0. The van der Waals surface area contributed by atoms with Gasteiger partial charge in [-0.1, -0.05) is 31.5 Å². The zero-order valence-electron chi connectivity index (χ0n) is 26.6. The van der Waals surface area contributed by atoms with E-state index in [9.17, 15) is 34.1 Å². The van der Waals surface area contributed by atoms with Crippen molar-refractivity contribution in [1.29, 1.82) is 0 Å². The van der Waals surface area contributed by atoms with Gasteiger partial charge in [0.2, 0.25) is 5.91 Å². The molecule has 4 unspecified atom stereocenters. The quantitative estimate of drug-likeness (QED) is 0.101. The van der Waals surface area contributed by atoms with Crippen LogP contribution in [0.4, 0.5) is 4.39 Å². The van der Waals surface area contributed by atoms with Crippen molar-refractivity contribution >= 4 is 41.2 Å². The average molecular weight is 687 g/mol. The Morgan fingerprint density at radius 3 is 2.39 bits per heavy atom. The van der Waals surface area contributed by atoms with Gasteiger partial charge < -0.3 is 34.8 Å². The summed E-state index contributed by atoms with van der Waals surface area (Å²) in [7, 11) is 0. The minimum absolute atomic E-state index is 0.000895. The number of carbonyl (C=O) groups excluding carboxylic acids is 2. The van der Waals surface area contributed by atoms with Crippen molar-refractivity contribution in [2.24, 2.45) is 5.92 Å². The highest BCUT2D eigenvalue weighted by molar-refractivity contribution is 7.98. The zero-order valence-corrected chi connectivity index (χ0v) is 28.2. The van der Waals surface area contributed by atoms with Crippen LogP contribution in [0.3, 0.4) is 0 Å². The summed E-state index contributed by atoms with van der Waals surface area (Å²) in [5.41, 5.74) is 0.808. The van der Waals surface area contributed by atoms with Crippen LogP contribution in [0.1, 0.15) is 52.2 Å². The predicted octanol–water partition coefficient (Wildman–Crippen LogP) is 3.94. The molecule has 2 aromatic rings. The Labute approximate surface area is 278 Å². The van der Waals surface area contributed by atoms with E-state index in [1.54, 1.807) is 58.9 Å². The Bertz CT molecular complexity index is 1280. The molecule has 0 radical (unpaired) electrons. The fourth-order valence-electron chi connectivity index (χ4n) is 4.40. The summed E-state index contributed by atoms with van der Waals surface area (Å²) in [6.45, 7) is 8.81. The number of aliphatic hydroxyl groups excluding tert-OH is 2. The molecule has 11 nitrogen and oxygen atoms in total. The molecule has 0 aliphatic carbocycles. The molecule has 0 aliphatic rings. The number of carboxylic acids is 1. The molecule has 0 saturated carbocycles. The van der Waals surface area contributed by atoms with Gasteiger partial charge in [-0.15, -0.1) is 0 Å². The van der Waals surface area contributed by atoms with Gasteiger partial charge >= 0.3 is 11.9 Å². The number of amides is 1. The van der Waals surface area contributed by atoms with Gasteiger partial charge in [0.15, 0.2) is 6.61 Å². The van der Waals surface area contributed by atoms with Crippen molar-refractivity contribution < 1.29 is 48.3 Å². The number of thioether (sulfide) groups is 1. The van der Waals surface area contributed by atoms with Gasteiger partial charge in [-0.25, -0.2) is 9.18 Å². The van der Waals surface area contributed by atoms with Crippen LogP contribution in [0.5, 0.6) is 11.5 Å². The summed E-state index contributed by atoms with van der Waals surface area (Å²) in [6, 6.07) is 7.07. The maximum atomic E-state index is 14.1. The SMILES string of the molecule is CCOc1ccc(OCC(=O)OC(C)C)cc1CC(O)NC(C(=O)NC(CC(=O)O)C(O)CSCc1c(F)cccc1Cl)C(C)C. The van der Waals surface area contributed by atoms with E-state index < -0.39 is 54.5 Å². The second-order valence-electron chi connectivity index (χ2n) is 11.1. The van der Waals surface area contributed by atoms with Crippen LogP contribution in [0, 0.1) is 11.7 Å². The second kappa shape index (κ2) is 19.5. The minimum atomic E-state index is -1.28. The lowest BCUT2D eigenvalue weighted by molar-refractivity contribution is -0.149. The summed E-state index contributed by atoms with van der Waals surface area (Å²) in [6.07, 6.45) is -3.37. The molecule has 0 fully saturated rings. The third-order valence-corrected chi connectivity index (χ3v) is 8.00. The van der Waals surface area contributed by atoms with E-state index in [0.717, 1.165) is 11.8 Å². The molecule has 0 bridgehead atoms.